The van der Waals surface area contributed by atoms with Crippen LogP contribution in [0.5, 0.6) is 0 Å². The van der Waals surface area contributed by atoms with E-state index in [0.29, 0.717) is 28.8 Å². The summed E-state index contributed by atoms with van der Waals surface area (Å²) in [5, 5.41) is 5.35. The number of nitrogen functional groups attached to an aromatic ring is 1. The van der Waals surface area contributed by atoms with E-state index in [-0.39, 0.29) is 11.9 Å². The summed E-state index contributed by atoms with van der Waals surface area (Å²) >= 11 is 3.27. The number of rotatable bonds is 4. The Morgan fingerprint density at radius 2 is 1.89 bits per heavy atom. The molecule has 0 fully saturated rings. The van der Waals surface area contributed by atoms with Crippen molar-refractivity contribution in [1.82, 2.24) is 15.5 Å². The number of amides is 3. The van der Waals surface area contributed by atoms with Crippen LogP contribution in [-0.4, -0.2) is 44.0 Å². The molecule has 104 valence electrons. The zero-order valence-corrected chi connectivity index (χ0v) is 12.5. The number of hydrogen-bond donors (Lipinski definition) is 3. The van der Waals surface area contributed by atoms with Gasteiger partial charge in [-0.25, -0.2) is 4.79 Å². The van der Waals surface area contributed by atoms with Gasteiger partial charge in [-0.2, -0.15) is 0 Å². The zero-order valence-electron chi connectivity index (χ0n) is 10.9. The summed E-state index contributed by atoms with van der Waals surface area (Å²) in [5.41, 5.74) is 6.68. The van der Waals surface area contributed by atoms with Crippen LogP contribution in [0.3, 0.4) is 0 Å². The number of nitrogens with two attached hydrogens (primary N) is 1. The number of nitrogens with zero attached hydrogens (tertiary/aromatic N) is 1. The molecule has 0 radical (unpaired) electrons. The molecule has 0 aliphatic heterocycles. The molecule has 19 heavy (non-hydrogen) atoms. The Hall–Kier alpha value is -1.76. The SMILES string of the molecule is CN(C)C(=O)NCCNC(=O)c1cccc(N)c1Br. The van der Waals surface area contributed by atoms with E-state index in [0.717, 1.165) is 0 Å². The average molecular weight is 329 g/mol. The van der Waals surface area contributed by atoms with Gasteiger partial charge in [-0.1, -0.05) is 6.07 Å². The highest BCUT2D eigenvalue weighted by molar-refractivity contribution is 9.10. The number of carbonyl (C=O) groups excluding carboxylic acids is 2. The normalized spacial score (nSPS) is 9.84. The maximum atomic E-state index is 11.9. The third-order valence-electron chi connectivity index (χ3n) is 2.37. The van der Waals surface area contributed by atoms with Gasteiger partial charge >= 0.3 is 6.03 Å². The van der Waals surface area contributed by atoms with E-state index in [9.17, 15) is 9.59 Å². The van der Waals surface area contributed by atoms with E-state index in [4.69, 9.17) is 5.73 Å². The van der Waals surface area contributed by atoms with Crippen molar-refractivity contribution in [3.05, 3.63) is 28.2 Å². The highest BCUT2D eigenvalue weighted by atomic mass is 79.9. The van der Waals surface area contributed by atoms with Gasteiger partial charge in [0.05, 0.1) is 10.0 Å². The standard InChI is InChI=1S/C12H17BrN4O2/c1-17(2)12(19)16-7-6-15-11(18)8-4-3-5-9(14)10(8)13/h3-5H,6-7,14H2,1-2H3,(H,15,18)(H,16,19). The predicted molar refractivity (Wildman–Crippen MR) is 78.0 cm³/mol. The number of halogens is 1. The van der Waals surface area contributed by atoms with Crippen molar-refractivity contribution in [3.8, 4) is 0 Å². The summed E-state index contributed by atoms with van der Waals surface area (Å²) in [4.78, 5) is 24.5. The molecule has 0 aliphatic rings. The predicted octanol–water partition coefficient (Wildman–Crippen LogP) is 1.03. The maximum absolute atomic E-state index is 11.9. The van der Waals surface area contributed by atoms with Crippen LogP contribution in [0.1, 0.15) is 10.4 Å². The Kier molecular flexibility index (Phi) is 5.62. The second-order valence-electron chi connectivity index (χ2n) is 4.09. The molecule has 4 N–H and O–H groups in total. The first-order valence-electron chi connectivity index (χ1n) is 5.71. The fourth-order valence-corrected chi connectivity index (χ4v) is 1.77. The van der Waals surface area contributed by atoms with E-state index < -0.39 is 0 Å². The van der Waals surface area contributed by atoms with Crippen molar-refractivity contribution >= 4 is 33.6 Å². The quantitative estimate of drug-likeness (QED) is 0.570. The minimum atomic E-state index is -0.238. The lowest BCUT2D eigenvalue weighted by Gasteiger charge is -2.12. The number of hydrogen-bond acceptors (Lipinski definition) is 3. The molecule has 0 saturated heterocycles. The fourth-order valence-electron chi connectivity index (χ4n) is 1.32. The van der Waals surface area contributed by atoms with Crippen molar-refractivity contribution in [3.63, 3.8) is 0 Å². The van der Waals surface area contributed by atoms with Gasteiger partial charge < -0.3 is 21.3 Å². The van der Waals surface area contributed by atoms with Gasteiger partial charge in [-0.05, 0) is 28.1 Å². The second-order valence-corrected chi connectivity index (χ2v) is 4.88. The van der Waals surface area contributed by atoms with E-state index >= 15 is 0 Å². The Morgan fingerprint density at radius 3 is 2.53 bits per heavy atom. The third-order valence-corrected chi connectivity index (χ3v) is 3.25. The van der Waals surface area contributed by atoms with Crippen molar-refractivity contribution in [2.24, 2.45) is 0 Å². The number of anilines is 1. The van der Waals surface area contributed by atoms with Crippen molar-refractivity contribution in [2.75, 3.05) is 32.9 Å². The van der Waals surface area contributed by atoms with Crippen LogP contribution in [0.4, 0.5) is 10.5 Å². The molecule has 0 unspecified atom stereocenters. The molecule has 0 bridgehead atoms. The van der Waals surface area contributed by atoms with E-state index in [2.05, 4.69) is 26.6 Å². The summed E-state index contributed by atoms with van der Waals surface area (Å²) in [6, 6.07) is 4.90. The molecule has 1 aromatic rings. The van der Waals surface area contributed by atoms with Crippen molar-refractivity contribution < 1.29 is 9.59 Å². The zero-order chi connectivity index (χ0) is 14.4. The summed E-state index contributed by atoms with van der Waals surface area (Å²) in [6.45, 7) is 0.711. The van der Waals surface area contributed by atoms with Crippen LogP contribution < -0.4 is 16.4 Å². The Balaban J connectivity index is 2.44. The number of benzene rings is 1. The first-order chi connectivity index (χ1) is 8.93. The van der Waals surface area contributed by atoms with Crippen molar-refractivity contribution in [2.45, 2.75) is 0 Å². The molecular formula is C12H17BrN4O2. The lowest BCUT2D eigenvalue weighted by Crippen LogP contribution is -2.39. The van der Waals surface area contributed by atoms with Crippen LogP contribution in [0.2, 0.25) is 0 Å². The third kappa shape index (κ3) is 4.44. The molecular weight excluding hydrogens is 312 g/mol. The molecule has 1 aromatic carbocycles. The summed E-state index contributed by atoms with van der Waals surface area (Å²) < 4.78 is 0.574. The minimum Gasteiger partial charge on any atom is -0.398 e. The molecule has 0 spiro atoms. The summed E-state index contributed by atoms with van der Waals surface area (Å²) in [6.07, 6.45) is 0. The molecule has 6 nitrogen and oxygen atoms in total. The fraction of sp³-hybridized carbons (Fsp3) is 0.333. The van der Waals surface area contributed by atoms with Gasteiger partial charge in [0.15, 0.2) is 0 Å². The van der Waals surface area contributed by atoms with Gasteiger partial charge in [-0.15, -0.1) is 0 Å². The van der Waals surface area contributed by atoms with Gasteiger partial charge in [0.1, 0.15) is 0 Å². The first-order valence-corrected chi connectivity index (χ1v) is 6.50. The molecule has 3 amide bonds. The Bertz CT molecular complexity index is 477. The van der Waals surface area contributed by atoms with Gasteiger partial charge in [0.2, 0.25) is 0 Å². The summed E-state index contributed by atoms with van der Waals surface area (Å²) in [7, 11) is 3.30. The smallest absolute Gasteiger partial charge is 0.316 e. The highest BCUT2D eigenvalue weighted by Crippen LogP contribution is 2.23. The van der Waals surface area contributed by atoms with Crippen LogP contribution in [-0.2, 0) is 0 Å². The maximum Gasteiger partial charge on any atom is 0.316 e. The minimum absolute atomic E-state index is 0.195. The van der Waals surface area contributed by atoms with Gasteiger partial charge in [-0.3, -0.25) is 4.79 Å². The Morgan fingerprint density at radius 1 is 1.26 bits per heavy atom. The number of nitrogens with one attached hydrogen (secondary N) is 2. The van der Waals surface area contributed by atoms with Crippen LogP contribution in [0.25, 0.3) is 0 Å². The highest BCUT2D eigenvalue weighted by Gasteiger charge is 2.11. The molecule has 0 heterocycles. The molecule has 0 atom stereocenters. The molecule has 1 rings (SSSR count). The first kappa shape index (κ1) is 15.3. The lowest BCUT2D eigenvalue weighted by molar-refractivity contribution is 0.0953. The monoisotopic (exact) mass is 328 g/mol. The van der Waals surface area contributed by atoms with Crippen LogP contribution in [0, 0.1) is 0 Å². The van der Waals surface area contributed by atoms with Crippen LogP contribution in [0.15, 0.2) is 22.7 Å². The lowest BCUT2D eigenvalue weighted by atomic mass is 10.2. The molecule has 0 aromatic heterocycles. The molecule has 0 aliphatic carbocycles. The largest absolute Gasteiger partial charge is 0.398 e. The van der Waals surface area contributed by atoms with Crippen molar-refractivity contribution in [1.29, 1.82) is 0 Å². The average Bonchev–Trinajstić information content (AvgIpc) is 2.37. The topological polar surface area (TPSA) is 87.5 Å². The Labute approximate surface area is 120 Å². The molecule has 0 saturated carbocycles. The van der Waals surface area contributed by atoms with E-state index in [1.807, 2.05) is 0 Å². The summed E-state index contributed by atoms with van der Waals surface area (Å²) in [5.74, 6) is -0.238. The molecule has 7 heteroatoms. The number of urea groups is 1. The van der Waals surface area contributed by atoms with Crippen LogP contribution >= 0.6 is 15.9 Å². The van der Waals surface area contributed by atoms with E-state index in [1.165, 1.54) is 4.90 Å². The number of carbonyl (C=O) groups is 2. The van der Waals surface area contributed by atoms with Gasteiger partial charge in [0.25, 0.3) is 5.91 Å². The van der Waals surface area contributed by atoms with Gasteiger partial charge in [0, 0.05) is 32.9 Å². The van der Waals surface area contributed by atoms with E-state index in [1.54, 1.807) is 32.3 Å². The second kappa shape index (κ2) is 6.98.